The van der Waals surface area contributed by atoms with Crippen molar-refractivity contribution in [2.45, 2.75) is 6.92 Å². The van der Waals surface area contributed by atoms with Gasteiger partial charge in [-0.05, 0) is 75.8 Å². The molecule has 2 aromatic rings. The largest absolute Gasteiger partial charge is 0.322 e. The number of aryl methyl sites for hydroxylation is 1. The van der Waals surface area contributed by atoms with Gasteiger partial charge in [-0.15, -0.1) is 0 Å². The maximum Gasteiger partial charge on any atom is 0.255 e. The highest BCUT2D eigenvalue weighted by Crippen LogP contribution is 2.23. The molecule has 0 aliphatic heterocycles. The number of rotatable bonds is 2. The number of carbonyl (C=O) groups excluding carboxylic acids is 1. The monoisotopic (exact) mass is 416 g/mol. The topological polar surface area (TPSA) is 42.0 Å². The molecule has 0 aliphatic carbocycles. The Bertz CT molecular complexity index is 601. The Labute approximate surface area is 127 Å². The van der Waals surface area contributed by atoms with Gasteiger partial charge in [0.2, 0.25) is 0 Å². The van der Waals surface area contributed by atoms with Gasteiger partial charge in [0.25, 0.3) is 5.91 Å². The van der Waals surface area contributed by atoms with Gasteiger partial charge in [0.05, 0.1) is 0 Å². The van der Waals surface area contributed by atoms with Gasteiger partial charge in [-0.25, -0.2) is 0 Å². The molecule has 3 nitrogen and oxygen atoms in total. The van der Waals surface area contributed by atoms with E-state index in [1.165, 1.54) is 0 Å². The van der Waals surface area contributed by atoms with Crippen LogP contribution in [0.25, 0.3) is 0 Å². The molecule has 0 fully saturated rings. The Hall–Kier alpha value is -0.950. The molecule has 0 saturated carbocycles. The zero-order chi connectivity index (χ0) is 13.1. The second-order valence-electron chi connectivity index (χ2n) is 3.77. The third-order valence-corrected chi connectivity index (χ3v) is 4.67. The number of carbonyl (C=O) groups is 1. The van der Waals surface area contributed by atoms with Gasteiger partial charge < -0.3 is 5.32 Å². The van der Waals surface area contributed by atoms with Crippen LogP contribution < -0.4 is 5.32 Å². The van der Waals surface area contributed by atoms with E-state index in [0.717, 1.165) is 19.4 Å². The molecule has 1 N–H and O–H groups in total. The van der Waals surface area contributed by atoms with Crippen molar-refractivity contribution in [1.29, 1.82) is 0 Å². The molecule has 0 spiro atoms. The first-order chi connectivity index (χ1) is 8.56. The van der Waals surface area contributed by atoms with Gasteiger partial charge in [0, 0.05) is 31.2 Å². The fourth-order valence-corrected chi connectivity index (χ4v) is 2.18. The lowest BCUT2D eigenvalue weighted by atomic mass is 10.2. The quantitative estimate of drug-likeness (QED) is 0.751. The number of nitrogens with zero attached hydrogens (tertiary/aromatic N) is 1. The predicted molar refractivity (Wildman–Crippen MR) is 83.8 cm³/mol. The first kappa shape index (κ1) is 13.5. The van der Waals surface area contributed by atoms with E-state index >= 15 is 0 Å². The molecule has 1 amide bonds. The van der Waals surface area contributed by atoms with Gasteiger partial charge in [-0.3, -0.25) is 9.78 Å². The van der Waals surface area contributed by atoms with Crippen molar-refractivity contribution in [3.8, 4) is 0 Å². The van der Waals surface area contributed by atoms with E-state index in [2.05, 4.69) is 48.8 Å². The summed E-state index contributed by atoms with van der Waals surface area (Å²) in [6.07, 6.45) is 1.63. The molecular weight excluding hydrogens is 407 g/mol. The number of hydrogen-bond acceptors (Lipinski definition) is 2. The highest BCUT2D eigenvalue weighted by Gasteiger charge is 2.07. The molecule has 1 aromatic heterocycles. The van der Waals surface area contributed by atoms with Crippen molar-refractivity contribution in [3.63, 3.8) is 0 Å². The molecule has 18 heavy (non-hydrogen) atoms. The number of amides is 1. The number of aromatic nitrogens is 1. The summed E-state index contributed by atoms with van der Waals surface area (Å²) in [5.74, 6) is -0.131. The molecule has 0 saturated heterocycles. The fourth-order valence-electron chi connectivity index (χ4n) is 1.46. The Kier molecular flexibility index (Phi) is 4.34. The molecule has 0 bridgehead atoms. The van der Waals surface area contributed by atoms with Gasteiger partial charge in [-0.2, -0.15) is 0 Å². The van der Waals surface area contributed by atoms with Crippen LogP contribution in [0.4, 0.5) is 5.69 Å². The molecule has 0 aliphatic rings. The van der Waals surface area contributed by atoms with E-state index in [0.29, 0.717) is 5.56 Å². The molecule has 1 heterocycles. The Morgan fingerprint density at radius 1 is 1.33 bits per heavy atom. The second kappa shape index (κ2) is 5.79. The molecular formula is C13H10BrIN2O. The van der Waals surface area contributed by atoms with E-state index in [-0.39, 0.29) is 5.91 Å². The van der Waals surface area contributed by atoms with Crippen LogP contribution in [0.5, 0.6) is 0 Å². The summed E-state index contributed by atoms with van der Waals surface area (Å²) in [6.45, 7) is 1.86. The van der Waals surface area contributed by atoms with E-state index < -0.39 is 0 Å². The molecule has 0 atom stereocenters. The van der Waals surface area contributed by atoms with Gasteiger partial charge in [-0.1, -0.05) is 0 Å². The normalized spacial score (nSPS) is 10.2. The van der Waals surface area contributed by atoms with Crippen LogP contribution in [-0.2, 0) is 0 Å². The van der Waals surface area contributed by atoms with Crippen LogP contribution in [0.1, 0.15) is 16.1 Å². The van der Waals surface area contributed by atoms with Crippen molar-refractivity contribution < 1.29 is 4.79 Å². The summed E-state index contributed by atoms with van der Waals surface area (Å²) in [5, 5.41) is 2.85. The summed E-state index contributed by atoms with van der Waals surface area (Å²) in [5.41, 5.74) is 2.20. The van der Waals surface area contributed by atoms with Gasteiger partial charge in [0.15, 0.2) is 0 Å². The molecule has 2 rings (SSSR count). The van der Waals surface area contributed by atoms with E-state index in [1.54, 1.807) is 18.3 Å². The number of benzene rings is 1. The SMILES string of the molecule is Cc1cc(C(=O)Nc2ccc(I)c(Br)c2)ccn1. The Morgan fingerprint density at radius 2 is 2.11 bits per heavy atom. The average Bonchev–Trinajstić information content (AvgIpc) is 2.34. The van der Waals surface area contributed by atoms with Crippen LogP contribution in [-0.4, -0.2) is 10.9 Å². The third kappa shape index (κ3) is 3.29. The minimum absolute atomic E-state index is 0.131. The summed E-state index contributed by atoms with van der Waals surface area (Å²) in [7, 11) is 0. The molecule has 0 unspecified atom stereocenters. The zero-order valence-electron chi connectivity index (χ0n) is 9.58. The lowest BCUT2D eigenvalue weighted by Crippen LogP contribution is -2.12. The number of anilines is 1. The lowest BCUT2D eigenvalue weighted by Gasteiger charge is -2.06. The minimum atomic E-state index is -0.131. The first-order valence-electron chi connectivity index (χ1n) is 5.25. The van der Waals surface area contributed by atoms with E-state index in [1.807, 2.05) is 25.1 Å². The van der Waals surface area contributed by atoms with Crippen LogP contribution in [0.3, 0.4) is 0 Å². The second-order valence-corrected chi connectivity index (χ2v) is 5.79. The van der Waals surface area contributed by atoms with Crippen LogP contribution in [0.2, 0.25) is 0 Å². The van der Waals surface area contributed by atoms with Crippen molar-refractivity contribution in [1.82, 2.24) is 4.98 Å². The highest BCUT2D eigenvalue weighted by atomic mass is 127. The maximum absolute atomic E-state index is 12.0. The minimum Gasteiger partial charge on any atom is -0.322 e. The summed E-state index contributed by atoms with van der Waals surface area (Å²) < 4.78 is 2.07. The van der Waals surface area contributed by atoms with Crippen molar-refractivity contribution in [3.05, 3.63) is 55.8 Å². The van der Waals surface area contributed by atoms with Crippen LogP contribution in [0.15, 0.2) is 41.0 Å². The van der Waals surface area contributed by atoms with E-state index in [4.69, 9.17) is 0 Å². The standard InChI is InChI=1S/C13H10BrIN2O/c1-8-6-9(4-5-16-8)13(18)17-10-2-3-12(15)11(14)7-10/h2-7H,1H3,(H,17,18). The van der Waals surface area contributed by atoms with Crippen LogP contribution in [0, 0.1) is 10.5 Å². The average molecular weight is 417 g/mol. The summed E-state index contributed by atoms with van der Waals surface area (Å²) in [6, 6.07) is 9.16. The highest BCUT2D eigenvalue weighted by molar-refractivity contribution is 14.1. The maximum atomic E-state index is 12.0. The number of pyridine rings is 1. The third-order valence-electron chi connectivity index (χ3n) is 2.34. The first-order valence-corrected chi connectivity index (χ1v) is 7.12. The Balaban J connectivity index is 2.18. The van der Waals surface area contributed by atoms with Gasteiger partial charge >= 0.3 is 0 Å². The summed E-state index contributed by atoms with van der Waals surface area (Å²) in [4.78, 5) is 16.1. The van der Waals surface area contributed by atoms with Crippen molar-refractivity contribution in [2.75, 3.05) is 5.32 Å². The van der Waals surface area contributed by atoms with Crippen molar-refractivity contribution >= 4 is 50.1 Å². The number of hydrogen-bond donors (Lipinski definition) is 1. The smallest absolute Gasteiger partial charge is 0.255 e. The molecule has 0 radical (unpaired) electrons. The molecule has 92 valence electrons. The van der Waals surface area contributed by atoms with Crippen LogP contribution >= 0.6 is 38.5 Å². The lowest BCUT2D eigenvalue weighted by molar-refractivity contribution is 0.102. The fraction of sp³-hybridized carbons (Fsp3) is 0.0769. The summed E-state index contributed by atoms with van der Waals surface area (Å²) >= 11 is 5.66. The number of nitrogens with one attached hydrogen (secondary N) is 1. The van der Waals surface area contributed by atoms with E-state index in [9.17, 15) is 4.79 Å². The van der Waals surface area contributed by atoms with Gasteiger partial charge in [0.1, 0.15) is 0 Å². The number of halogens is 2. The predicted octanol–water partition coefficient (Wildman–Crippen LogP) is 4.01. The Morgan fingerprint density at radius 3 is 2.78 bits per heavy atom. The molecule has 1 aromatic carbocycles. The molecule has 5 heteroatoms. The van der Waals surface area contributed by atoms with Crippen molar-refractivity contribution in [2.24, 2.45) is 0 Å². The zero-order valence-corrected chi connectivity index (χ0v) is 13.3.